The highest BCUT2D eigenvalue weighted by Crippen LogP contribution is 2.26. The molecule has 2 saturated heterocycles. The summed E-state index contributed by atoms with van der Waals surface area (Å²) >= 11 is 0. The Kier molecular flexibility index (Phi) is 6.89. The van der Waals surface area contributed by atoms with Crippen LogP contribution in [-0.2, 0) is 14.3 Å². The molecule has 0 unspecified atom stereocenters. The van der Waals surface area contributed by atoms with Crippen molar-refractivity contribution in [3.63, 3.8) is 0 Å². The minimum Gasteiger partial charge on any atom is -0.481 e. The van der Waals surface area contributed by atoms with E-state index in [-0.39, 0.29) is 24.5 Å². The lowest BCUT2D eigenvalue weighted by Crippen LogP contribution is -2.42. The first-order chi connectivity index (χ1) is 12.6. The molecule has 1 N–H and O–H groups in total. The topological polar surface area (TPSA) is 87.2 Å². The van der Waals surface area contributed by atoms with Crippen LogP contribution in [0.3, 0.4) is 0 Å². The predicted molar refractivity (Wildman–Crippen MR) is 101 cm³/mol. The lowest BCUT2D eigenvalue weighted by molar-refractivity contribution is -0.144. The molecule has 7 nitrogen and oxygen atoms in total. The first-order valence-electron chi connectivity index (χ1n) is 9.74. The van der Waals surface area contributed by atoms with Gasteiger partial charge >= 0.3 is 12.1 Å². The highest BCUT2D eigenvalue weighted by atomic mass is 16.6. The van der Waals surface area contributed by atoms with Crippen LogP contribution < -0.4 is 0 Å². The second-order valence-electron chi connectivity index (χ2n) is 8.59. The maximum Gasteiger partial charge on any atom is 0.410 e. The van der Waals surface area contributed by atoms with Gasteiger partial charge in [-0.3, -0.25) is 9.59 Å². The van der Waals surface area contributed by atoms with Gasteiger partial charge in [0, 0.05) is 32.3 Å². The molecular formula is C20H32N2O5. The molecule has 0 radical (unpaired) electrons. The summed E-state index contributed by atoms with van der Waals surface area (Å²) in [5, 5.41) is 9.17. The van der Waals surface area contributed by atoms with E-state index >= 15 is 0 Å². The summed E-state index contributed by atoms with van der Waals surface area (Å²) in [6, 6.07) is 0. The quantitative estimate of drug-likeness (QED) is 0.761. The van der Waals surface area contributed by atoms with Gasteiger partial charge in [0.15, 0.2) is 0 Å². The summed E-state index contributed by atoms with van der Waals surface area (Å²) in [5.41, 5.74) is 0.500. The van der Waals surface area contributed by atoms with Crippen molar-refractivity contribution in [3.05, 3.63) is 11.6 Å². The van der Waals surface area contributed by atoms with E-state index in [1.165, 1.54) is 0 Å². The zero-order valence-corrected chi connectivity index (χ0v) is 16.9. The normalized spacial score (nSPS) is 22.5. The maximum absolute atomic E-state index is 12.5. The number of carbonyl (C=O) groups is 3. The van der Waals surface area contributed by atoms with E-state index in [9.17, 15) is 14.4 Å². The number of aliphatic carboxylic acids is 1. The Morgan fingerprint density at radius 1 is 1.00 bits per heavy atom. The molecule has 0 aromatic rings. The molecule has 0 spiro atoms. The van der Waals surface area contributed by atoms with Crippen LogP contribution in [0.5, 0.6) is 0 Å². The van der Waals surface area contributed by atoms with Crippen molar-refractivity contribution in [2.24, 2.45) is 11.8 Å². The van der Waals surface area contributed by atoms with Gasteiger partial charge in [0.1, 0.15) is 5.60 Å². The zero-order chi connectivity index (χ0) is 20.2. The summed E-state index contributed by atoms with van der Waals surface area (Å²) in [6.07, 6.45) is 4.32. The fourth-order valence-corrected chi connectivity index (χ4v) is 3.63. The number of ether oxygens (including phenoxy) is 1. The van der Waals surface area contributed by atoms with E-state index in [0.717, 1.165) is 24.8 Å². The van der Waals surface area contributed by atoms with Crippen LogP contribution >= 0.6 is 0 Å². The number of allylic oxidation sites excluding steroid dienone is 1. The van der Waals surface area contributed by atoms with Gasteiger partial charge in [0.05, 0.1) is 5.92 Å². The third-order valence-corrected chi connectivity index (χ3v) is 5.22. The van der Waals surface area contributed by atoms with Crippen LogP contribution in [0.2, 0.25) is 0 Å². The van der Waals surface area contributed by atoms with Crippen molar-refractivity contribution < 1.29 is 24.2 Å². The van der Waals surface area contributed by atoms with Crippen molar-refractivity contribution in [2.45, 2.75) is 59.0 Å². The van der Waals surface area contributed by atoms with Gasteiger partial charge in [-0.15, -0.1) is 0 Å². The standard InChI is InChI=1S/C20H32N2O5/c1-14(12-17(23)22-9-5-6-16(13-22)18(24)25)15-7-10-21(11-8-15)19(26)27-20(2,3)4/h12,15-16H,5-11,13H2,1-4H3,(H,24,25)/b14-12-/t16-/m1/s1. The SMILES string of the molecule is C/C(=C/C(=O)N1CCC[C@@H](C(=O)O)C1)C1CCN(C(=O)OC(C)(C)C)CC1. The van der Waals surface area contributed by atoms with E-state index in [1.54, 1.807) is 15.9 Å². The van der Waals surface area contributed by atoms with E-state index in [2.05, 4.69) is 0 Å². The monoisotopic (exact) mass is 380 g/mol. The molecule has 0 aromatic heterocycles. The summed E-state index contributed by atoms with van der Waals surface area (Å²) in [7, 11) is 0. The van der Waals surface area contributed by atoms with Crippen molar-refractivity contribution in [1.82, 2.24) is 9.80 Å². The first kappa shape index (κ1) is 21.3. The highest BCUT2D eigenvalue weighted by molar-refractivity contribution is 5.88. The Morgan fingerprint density at radius 2 is 1.63 bits per heavy atom. The van der Waals surface area contributed by atoms with E-state index in [0.29, 0.717) is 26.1 Å². The number of nitrogens with zero attached hydrogens (tertiary/aromatic N) is 2. The van der Waals surface area contributed by atoms with Gasteiger partial charge in [0.2, 0.25) is 5.91 Å². The maximum atomic E-state index is 12.5. The van der Waals surface area contributed by atoms with Crippen LogP contribution in [0.15, 0.2) is 11.6 Å². The molecule has 2 aliphatic heterocycles. The molecule has 27 heavy (non-hydrogen) atoms. The molecule has 2 rings (SSSR count). The van der Waals surface area contributed by atoms with Crippen LogP contribution in [0, 0.1) is 11.8 Å². The number of piperidine rings is 2. The molecule has 0 bridgehead atoms. The Labute approximate surface area is 161 Å². The van der Waals surface area contributed by atoms with Gasteiger partial charge in [-0.05, 0) is 59.3 Å². The number of hydrogen-bond acceptors (Lipinski definition) is 4. The van der Waals surface area contributed by atoms with E-state index in [4.69, 9.17) is 9.84 Å². The number of rotatable bonds is 3. The molecular weight excluding hydrogens is 348 g/mol. The smallest absolute Gasteiger partial charge is 0.410 e. The highest BCUT2D eigenvalue weighted by Gasteiger charge is 2.29. The van der Waals surface area contributed by atoms with E-state index in [1.807, 2.05) is 27.7 Å². The summed E-state index contributed by atoms with van der Waals surface area (Å²) < 4.78 is 5.41. The van der Waals surface area contributed by atoms with Gasteiger partial charge in [0.25, 0.3) is 0 Å². The average Bonchev–Trinajstić information content (AvgIpc) is 2.60. The Balaban J connectivity index is 1.87. The fourth-order valence-electron chi connectivity index (χ4n) is 3.63. The molecule has 1 atom stereocenters. The Bertz CT molecular complexity index is 600. The largest absolute Gasteiger partial charge is 0.481 e. The van der Waals surface area contributed by atoms with Gasteiger partial charge in [-0.2, -0.15) is 0 Å². The number of hydrogen-bond donors (Lipinski definition) is 1. The molecule has 0 aromatic carbocycles. The van der Waals surface area contributed by atoms with Gasteiger partial charge in [-0.1, -0.05) is 5.57 Å². The van der Waals surface area contributed by atoms with Crippen molar-refractivity contribution in [1.29, 1.82) is 0 Å². The first-order valence-corrected chi connectivity index (χ1v) is 9.74. The number of carboxylic acids is 1. The molecule has 2 amide bonds. The third kappa shape index (κ3) is 6.26. The lowest BCUT2D eigenvalue weighted by atomic mass is 9.89. The molecule has 2 aliphatic rings. The number of likely N-dealkylation sites (tertiary alicyclic amines) is 2. The van der Waals surface area contributed by atoms with Crippen LogP contribution in [0.1, 0.15) is 53.4 Å². The predicted octanol–water partition coefficient (Wildman–Crippen LogP) is 2.90. The zero-order valence-electron chi connectivity index (χ0n) is 16.9. The number of carbonyl (C=O) groups excluding carboxylic acids is 2. The summed E-state index contributed by atoms with van der Waals surface area (Å²) in [4.78, 5) is 39.2. The average molecular weight is 380 g/mol. The van der Waals surface area contributed by atoms with Crippen molar-refractivity contribution in [3.8, 4) is 0 Å². The minimum absolute atomic E-state index is 0.104. The minimum atomic E-state index is -0.831. The van der Waals surface area contributed by atoms with Gasteiger partial charge in [-0.25, -0.2) is 4.79 Å². The van der Waals surface area contributed by atoms with Crippen LogP contribution in [-0.4, -0.2) is 64.7 Å². The Hall–Kier alpha value is -2.05. The summed E-state index contributed by atoms with van der Waals surface area (Å²) in [5.74, 6) is -1.14. The molecule has 0 aliphatic carbocycles. The number of carboxylic acid groups (broad SMARTS) is 1. The Morgan fingerprint density at radius 3 is 2.19 bits per heavy atom. The fraction of sp³-hybridized carbons (Fsp3) is 0.750. The van der Waals surface area contributed by atoms with Crippen LogP contribution in [0.4, 0.5) is 4.79 Å². The van der Waals surface area contributed by atoms with Gasteiger partial charge < -0.3 is 19.6 Å². The molecule has 2 fully saturated rings. The second kappa shape index (κ2) is 8.76. The van der Waals surface area contributed by atoms with Crippen LogP contribution in [0.25, 0.3) is 0 Å². The lowest BCUT2D eigenvalue weighted by Gasteiger charge is -2.34. The molecule has 152 valence electrons. The summed E-state index contributed by atoms with van der Waals surface area (Å²) in [6.45, 7) is 9.64. The van der Waals surface area contributed by atoms with Crippen molar-refractivity contribution >= 4 is 18.0 Å². The number of amides is 2. The molecule has 2 heterocycles. The van der Waals surface area contributed by atoms with E-state index < -0.39 is 17.5 Å². The second-order valence-corrected chi connectivity index (χ2v) is 8.59. The van der Waals surface area contributed by atoms with Crippen molar-refractivity contribution in [2.75, 3.05) is 26.2 Å². The molecule has 0 saturated carbocycles. The molecule has 7 heteroatoms. The third-order valence-electron chi connectivity index (χ3n) is 5.22.